The molecular weight excluding hydrogens is 412 g/mol. The second kappa shape index (κ2) is 10.3. The van der Waals surface area contributed by atoms with Gasteiger partial charge in [-0.2, -0.15) is 4.72 Å². The Labute approximate surface area is 183 Å². The summed E-state index contributed by atoms with van der Waals surface area (Å²) in [6, 6.07) is 23.6. The van der Waals surface area contributed by atoms with Gasteiger partial charge in [-0.3, -0.25) is 4.79 Å². The fraction of sp³-hybridized carbons (Fsp3) is 0.208. The molecule has 0 heterocycles. The van der Waals surface area contributed by atoms with E-state index >= 15 is 0 Å². The van der Waals surface area contributed by atoms with E-state index in [1.54, 1.807) is 12.1 Å². The van der Waals surface area contributed by atoms with Crippen LogP contribution in [0.15, 0.2) is 89.8 Å². The van der Waals surface area contributed by atoms with Crippen molar-refractivity contribution in [3.8, 4) is 0 Å². The predicted molar refractivity (Wildman–Crippen MR) is 120 cm³/mol. The molecule has 0 saturated heterocycles. The smallest absolute Gasteiger partial charge is 0.325 e. The standard InChI is InChI=1S/C24H26N2O4S/c1-18-13-15-21(16-14-18)31(28,29)26-23(24(27)30-2)22(20-11-7-4-8-12-20)25-17-19-9-5-3-6-10-19/h3-16,22-23,25-26H,17H2,1-2H3/t22-,23-/m1/s1. The van der Waals surface area contributed by atoms with Crippen molar-refractivity contribution in [1.29, 1.82) is 0 Å². The first kappa shape index (κ1) is 22.7. The number of hydrogen-bond acceptors (Lipinski definition) is 5. The molecule has 162 valence electrons. The van der Waals surface area contributed by atoms with Crippen LogP contribution in [-0.4, -0.2) is 27.5 Å². The molecule has 3 rings (SSSR count). The normalized spacial score (nSPS) is 13.4. The van der Waals surface area contributed by atoms with Crippen LogP contribution in [0.25, 0.3) is 0 Å². The molecule has 0 fully saturated rings. The highest BCUT2D eigenvalue weighted by molar-refractivity contribution is 7.89. The first-order valence-electron chi connectivity index (χ1n) is 9.90. The molecule has 0 aromatic heterocycles. The molecule has 0 amide bonds. The molecule has 6 nitrogen and oxygen atoms in total. The Morgan fingerprint density at radius 1 is 0.903 bits per heavy atom. The molecule has 0 saturated carbocycles. The molecule has 0 aliphatic heterocycles. The van der Waals surface area contributed by atoms with Gasteiger partial charge in [0.05, 0.1) is 18.0 Å². The number of methoxy groups -OCH3 is 1. The van der Waals surface area contributed by atoms with Crippen molar-refractivity contribution in [2.75, 3.05) is 7.11 Å². The number of aryl methyl sites for hydroxylation is 1. The molecule has 0 bridgehead atoms. The fourth-order valence-corrected chi connectivity index (χ4v) is 4.44. The van der Waals surface area contributed by atoms with Gasteiger partial charge in [0.2, 0.25) is 10.0 Å². The third-order valence-electron chi connectivity index (χ3n) is 4.93. The molecule has 0 radical (unpaired) electrons. The van der Waals surface area contributed by atoms with Crippen LogP contribution in [0.5, 0.6) is 0 Å². The maximum Gasteiger partial charge on any atom is 0.325 e. The summed E-state index contributed by atoms with van der Waals surface area (Å²) in [7, 11) is -2.71. The summed E-state index contributed by atoms with van der Waals surface area (Å²) < 4.78 is 33.6. The van der Waals surface area contributed by atoms with Gasteiger partial charge in [-0.25, -0.2) is 8.42 Å². The van der Waals surface area contributed by atoms with E-state index < -0.39 is 28.1 Å². The minimum Gasteiger partial charge on any atom is -0.468 e. The Kier molecular flexibility index (Phi) is 7.57. The molecule has 2 N–H and O–H groups in total. The van der Waals surface area contributed by atoms with Crippen molar-refractivity contribution < 1.29 is 17.9 Å². The van der Waals surface area contributed by atoms with Crippen LogP contribution in [0.3, 0.4) is 0 Å². The lowest BCUT2D eigenvalue weighted by Gasteiger charge is -2.27. The van der Waals surface area contributed by atoms with Crippen molar-refractivity contribution >= 4 is 16.0 Å². The van der Waals surface area contributed by atoms with Crippen molar-refractivity contribution in [2.24, 2.45) is 0 Å². The van der Waals surface area contributed by atoms with Crippen LogP contribution in [0.2, 0.25) is 0 Å². The quantitative estimate of drug-likeness (QED) is 0.501. The molecular formula is C24H26N2O4S. The van der Waals surface area contributed by atoms with E-state index in [4.69, 9.17) is 4.74 Å². The van der Waals surface area contributed by atoms with Crippen LogP contribution in [0, 0.1) is 6.92 Å². The summed E-state index contributed by atoms with van der Waals surface area (Å²) in [6.45, 7) is 2.32. The molecule has 3 aromatic rings. The number of nitrogens with one attached hydrogen (secondary N) is 2. The average Bonchev–Trinajstić information content (AvgIpc) is 2.79. The van der Waals surface area contributed by atoms with Gasteiger partial charge < -0.3 is 10.1 Å². The van der Waals surface area contributed by atoms with Crippen LogP contribution < -0.4 is 10.0 Å². The lowest BCUT2D eigenvalue weighted by Crippen LogP contribution is -2.49. The van der Waals surface area contributed by atoms with Crippen LogP contribution in [0.1, 0.15) is 22.7 Å². The minimum atomic E-state index is -3.96. The first-order valence-corrected chi connectivity index (χ1v) is 11.4. The molecule has 3 aromatic carbocycles. The van der Waals surface area contributed by atoms with Crippen LogP contribution >= 0.6 is 0 Å². The highest BCUT2D eigenvalue weighted by Gasteiger charge is 2.34. The van der Waals surface area contributed by atoms with Crippen molar-refractivity contribution in [3.63, 3.8) is 0 Å². The van der Waals surface area contributed by atoms with Gasteiger partial charge in [0.1, 0.15) is 6.04 Å². The van der Waals surface area contributed by atoms with Crippen LogP contribution in [0.4, 0.5) is 0 Å². The third kappa shape index (κ3) is 6.01. The first-order chi connectivity index (χ1) is 14.9. The van der Waals surface area contributed by atoms with E-state index in [2.05, 4.69) is 10.0 Å². The average molecular weight is 439 g/mol. The molecule has 7 heteroatoms. The second-order valence-corrected chi connectivity index (χ2v) is 8.90. The fourth-order valence-electron chi connectivity index (χ4n) is 3.24. The monoisotopic (exact) mass is 438 g/mol. The SMILES string of the molecule is COC(=O)[C@H](NS(=O)(=O)c1ccc(C)cc1)[C@H](NCc1ccccc1)c1ccccc1. The number of rotatable bonds is 9. The maximum atomic E-state index is 13.0. The van der Waals surface area contributed by atoms with E-state index in [1.165, 1.54) is 19.2 Å². The van der Waals surface area contributed by atoms with Gasteiger partial charge in [0.15, 0.2) is 0 Å². The summed E-state index contributed by atoms with van der Waals surface area (Å²) in [5.41, 5.74) is 2.71. The molecule has 0 unspecified atom stereocenters. The predicted octanol–water partition coefficient (Wildman–Crippen LogP) is 3.35. The van der Waals surface area contributed by atoms with Crippen molar-refractivity contribution in [1.82, 2.24) is 10.0 Å². The molecule has 0 spiro atoms. The Balaban J connectivity index is 1.94. The summed E-state index contributed by atoms with van der Waals surface area (Å²) >= 11 is 0. The van der Waals surface area contributed by atoms with Crippen molar-refractivity contribution in [3.05, 3.63) is 102 Å². The lowest BCUT2D eigenvalue weighted by atomic mass is 9.99. The van der Waals surface area contributed by atoms with Gasteiger partial charge >= 0.3 is 5.97 Å². The van der Waals surface area contributed by atoms with Gasteiger partial charge in [0.25, 0.3) is 0 Å². The number of esters is 1. The number of carbonyl (C=O) groups is 1. The zero-order valence-electron chi connectivity index (χ0n) is 17.5. The zero-order valence-corrected chi connectivity index (χ0v) is 18.3. The highest BCUT2D eigenvalue weighted by atomic mass is 32.2. The molecule has 31 heavy (non-hydrogen) atoms. The van der Waals surface area contributed by atoms with E-state index in [1.807, 2.05) is 67.6 Å². The second-order valence-electron chi connectivity index (χ2n) is 7.19. The molecule has 2 atom stereocenters. The number of ether oxygens (including phenoxy) is 1. The number of hydrogen-bond donors (Lipinski definition) is 2. The van der Waals surface area contributed by atoms with Crippen molar-refractivity contribution in [2.45, 2.75) is 30.4 Å². The van der Waals surface area contributed by atoms with Gasteiger partial charge in [-0.15, -0.1) is 0 Å². The molecule has 0 aliphatic rings. The van der Waals surface area contributed by atoms with Gasteiger partial charge in [-0.05, 0) is 30.2 Å². The lowest BCUT2D eigenvalue weighted by molar-refractivity contribution is -0.143. The Hall–Kier alpha value is -3.00. The topological polar surface area (TPSA) is 84.5 Å². The third-order valence-corrected chi connectivity index (χ3v) is 6.39. The highest BCUT2D eigenvalue weighted by Crippen LogP contribution is 2.21. The van der Waals surface area contributed by atoms with E-state index in [0.717, 1.165) is 16.7 Å². The van der Waals surface area contributed by atoms with Gasteiger partial charge in [0, 0.05) is 6.54 Å². The number of benzene rings is 3. The number of sulfonamides is 1. The largest absolute Gasteiger partial charge is 0.468 e. The zero-order chi connectivity index (χ0) is 22.3. The van der Waals surface area contributed by atoms with Crippen LogP contribution in [-0.2, 0) is 26.1 Å². The minimum absolute atomic E-state index is 0.0851. The maximum absolute atomic E-state index is 13.0. The molecule has 0 aliphatic carbocycles. The van der Waals surface area contributed by atoms with E-state index in [9.17, 15) is 13.2 Å². The number of carbonyl (C=O) groups excluding carboxylic acids is 1. The Morgan fingerprint density at radius 3 is 2.06 bits per heavy atom. The van der Waals surface area contributed by atoms with E-state index in [-0.39, 0.29) is 4.90 Å². The summed E-state index contributed by atoms with van der Waals surface area (Å²) in [6.07, 6.45) is 0. The van der Waals surface area contributed by atoms with Gasteiger partial charge in [-0.1, -0.05) is 78.4 Å². The summed E-state index contributed by atoms with van der Waals surface area (Å²) in [5, 5.41) is 3.32. The Bertz CT molecular complexity index is 1090. The summed E-state index contributed by atoms with van der Waals surface area (Å²) in [5.74, 6) is -0.676. The van der Waals surface area contributed by atoms with E-state index in [0.29, 0.717) is 6.54 Å². The Morgan fingerprint density at radius 2 is 1.48 bits per heavy atom. The summed E-state index contributed by atoms with van der Waals surface area (Å²) in [4.78, 5) is 12.8.